The van der Waals surface area contributed by atoms with Crippen LogP contribution < -0.4 is 5.73 Å². The van der Waals surface area contributed by atoms with E-state index in [4.69, 9.17) is 5.73 Å². The van der Waals surface area contributed by atoms with Gasteiger partial charge in [-0.3, -0.25) is 4.79 Å². The molecule has 1 heterocycles. The maximum atomic E-state index is 12.0. The molecule has 2 N–H and O–H groups in total. The summed E-state index contributed by atoms with van der Waals surface area (Å²) in [6, 6.07) is 7.01. The predicted molar refractivity (Wildman–Crippen MR) is 63.3 cm³/mol. The number of anilines is 1. The van der Waals surface area contributed by atoms with Gasteiger partial charge >= 0.3 is 0 Å². The highest BCUT2D eigenvalue weighted by molar-refractivity contribution is 7.08. The summed E-state index contributed by atoms with van der Waals surface area (Å²) in [5.41, 5.74) is 8.74. The van der Waals surface area contributed by atoms with Gasteiger partial charge in [0.2, 0.25) is 0 Å². The quantitative estimate of drug-likeness (QED) is 0.621. The molecule has 0 aliphatic carbocycles. The Morgan fingerprint density at radius 1 is 1.20 bits per heavy atom. The number of benzene rings is 1. The Morgan fingerprint density at radius 3 is 2.40 bits per heavy atom. The molecule has 2 aromatic rings. The highest BCUT2D eigenvalue weighted by atomic mass is 32.1. The van der Waals surface area contributed by atoms with Crippen molar-refractivity contribution in [3.05, 3.63) is 51.7 Å². The predicted octanol–water partition coefficient (Wildman–Crippen LogP) is 2.87. The lowest BCUT2D eigenvalue weighted by Gasteiger charge is -2.00. The highest BCUT2D eigenvalue weighted by Crippen LogP contribution is 2.18. The van der Waals surface area contributed by atoms with Crippen molar-refractivity contribution < 1.29 is 4.79 Å². The smallest absolute Gasteiger partial charge is 0.194 e. The van der Waals surface area contributed by atoms with Gasteiger partial charge in [-0.2, -0.15) is 11.3 Å². The van der Waals surface area contributed by atoms with Crippen molar-refractivity contribution in [3.63, 3.8) is 0 Å². The second-order valence-corrected chi connectivity index (χ2v) is 4.16. The Hall–Kier alpha value is -1.61. The van der Waals surface area contributed by atoms with Crippen LogP contribution in [0.15, 0.2) is 35.0 Å². The van der Waals surface area contributed by atoms with Gasteiger partial charge in [-0.25, -0.2) is 0 Å². The summed E-state index contributed by atoms with van der Waals surface area (Å²) in [7, 11) is 0. The number of ketones is 1. The SMILES string of the molecule is Cc1cscc1C(=O)c1ccc(N)cc1. The fourth-order valence-electron chi connectivity index (χ4n) is 1.38. The first-order valence-corrected chi connectivity index (χ1v) is 5.56. The first-order chi connectivity index (χ1) is 7.18. The molecule has 0 unspecified atom stereocenters. The molecule has 76 valence electrons. The summed E-state index contributed by atoms with van der Waals surface area (Å²) in [5, 5.41) is 3.86. The Labute approximate surface area is 92.4 Å². The molecule has 0 aliphatic rings. The maximum absolute atomic E-state index is 12.0. The molecular weight excluding hydrogens is 206 g/mol. The molecule has 2 rings (SSSR count). The number of rotatable bonds is 2. The largest absolute Gasteiger partial charge is 0.399 e. The topological polar surface area (TPSA) is 43.1 Å². The molecule has 0 spiro atoms. The van der Waals surface area contributed by atoms with Gasteiger partial charge in [0.1, 0.15) is 0 Å². The number of carbonyl (C=O) groups is 1. The molecule has 0 radical (unpaired) electrons. The molecule has 0 atom stereocenters. The minimum absolute atomic E-state index is 0.0637. The standard InChI is InChI=1S/C12H11NOS/c1-8-6-15-7-11(8)12(14)9-2-4-10(13)5-3-9/h2-7H,13H2,1H3. The van der Waals surface area contributed by atoms with Crippen LogP contribution >= 0.6 is 11.3 Å². The van der Waals surface area contributed by atoms with Crippen molar-refractivity contribution in [1.82, 2.24) is 0 Å². The summed E-state index contributed by atoms with van der Waals surface area (Å²) in [6.07, 6.45) is 0. The second kappa shape index (κ2) is 3.87. The maximum Gasteiger partial charge on any atom is 0.194 e. The van der Waals surface area contributed by atoms with E-state index in [9.17, 15) is 4.79 Å². The molecule has 0 saturated heterocycles. The number of hydrogen-bond acceptors (Lipinski definition) is 3. The van der Waals surface area contributed by atoms with E-state index in [0.29, 0.717) is 11.3 Å². The normalized spacial score (nSPS) is 10.2. The fourth-order valence-corrected chi connectivity index (χ4v) is 2.21. The lowest BCUT2D eigenvalue weighted by atomic mass is 10.0. The first kappa shape index (κ1) is 9.93. The Bertz CT molecular complexity index is 485. The first-order valence-electron chi connectivity index (χ1n) is 4.61. The number of thiophene rings is 1. The lowest BCUT2D eigenvalue weighted by molar-refractivity contribution is 0.103. The monoisotopic (exact) mass is 217 g/mol. The lowest BCUT2D eigenvalue weighted by Crippen LogP contribution is -2.01. The third-order valence-corrected chi connectivity index (χ3v) is 3.13. The van der Waals surface area contributed by atoms with E-state index in [1.807, 2.05) is 17.7 Å². The molecule has 0 bridgehead atoms. The number of nitrogen functional groups attached to an aromatic ring is 1. The Morgan fingerprint density at radius 2 is 1.87 bits per heavy atom. The van der Waals surface area contributed by atoms with Gasteiger partial charge in [0.25, 0.3) is 0 Å². The molecule has 1 aromatic carbocycles. The van der Waals surface area contributed by atoms with Gasteiger partial charge in [-0.05, 0) is 42.1 Å². The third-order valence-electron chi connectivity index (χ3n) is 2.27. The van der Waals surface area contributed by atoms with E-state index in [-0.39, 0.29) is 5.78 Å². The number of aryl methyl sites for hydroxylation is 1. The summed E-state index contributed by atoms with van der Waals surface area (Å²) in [5.74, 6) is 0.0637. The van der Waals surface area contributed by atoms with E-state index in [1.165, 1.54) is 0 Å². The average molecular weight is 217 g/mol. The number of carbonyl (C=O) groups excluding carboxylic acids is 1. The van der Waals surface area contributed by atoms with Crippen molar-refractivity contribution in [2.75, 3.05) is 5.73 Å². The Balaban J connectivity index is 2.37. The van der Waals surface area contributed by atoms with Crippen molar-refractivity contribution in [1.29, 1.82) is 0 Å². The number of nitrogens with two attached hydrogens (primary N) is 1. The zero-order chi connectivity index (χ0) is 10.8. The molecular formula is C12H11NOS. The molecule has 0 fully saturated rings. The van der Waals surface area contributed by atoms with Gasteiger partial charge in [-0.15, -0.1) is 0 Å². The molecule has 0 amide bonds. The van der Waals surface area contributed by atoms with Crippen LogP contribution in [0.2, 0.25) is 0 Å². The van der Waals surface area contributed by atoms with Crippen LogP contribution in [0.25, 0.3) is 0 Å². The Kier molecular flexibility index (Phi) is 2.56. The van der Waals surface area contributed by atoms with Crippen LogP contribution in [0.1, 0.15) is 21.5 Å². The number of hydrogen-bond donors (Lipinski definition) is 1. The van der Waals surface area contributed by atoms with E-state index in [1.54, 1.807) is 35.6 Å². The molecule has 0 saturated carbocycles. The van der Waals surface area contributed by atoms with Gasteiger partial charge < -0.3 is 5.73 Å². The zero-order valence-electron chi connectivity index (χ0n) is 8.36. The highest BCUT2D eigenvalue weighted by Gasteiger charge is 2.11. The van der Waals surface area contributed by atoms with Crippen molar-refractivity contribution >= 4 is 22.8 Å². The van der Waals surface area contributed by atoms with Crippen molar-refractivity contribution in [2.45, 2.75) is 6.92 Å². The van der Waals surface area contributed by atoms with Crippen LogP contribution in [0.3, 0.4) is 0 Å². The van der Waals surface area contributed by atoms with E-state index < -0.39 is 0 Å². The third kappa shape index (κ3) is 1.92. The zero-order valence-corrected chi connectivity index (χ0v) is 9.17. The van der Waals surface area contributed by atoms with Crippen LogP contribution in [0, 0.1) is 6.92 Å². The summed E-state index contributed by atoms with van der Waals surface area (Å²) < 4.78 is 0. The minimum atomic E-state index is 0.0637. The molecule has 15 heavy (non-hydrogen) atoms. The van der Waals surface area contributed by atoms with Crippen LogP contribution in [0.5, 0.6) is 0 Å². The molecule has 2 nitrogen and oxygen atoms in total. The minimum Gasteiger partial charge on any atom is -0.399 e. The van der Waals surface area contributed by atoms with Crippen molar-refractivity contribution in [2.24, 2.45) is 0 Å². The molecule has 3 heteroatoms. The van der Waals surface area contributed by atoms with Gasteiger partial charge in [-0.1, -0.05) is 0 Å². The molecule has 0 aliphatic heterocycles. The van der Waals surface area contributed by atoms with Gasteiger partial charge in [0, 0.05) is 22.2 Å². The fraction of sp³-hybridized carbons (Fsp3) is 0.0833. The summed E-state index contributed by atoms with van der Waals surface area (Å²) in [4.78, 5) is 12.0. The van der Waals surface area contributed by atoms with E-state index in [2.05, 4.69) is 0 Å². The second-order valence-electron chi connectivity index (χ2n) is 3.42. The average Bonchev–Trinajstić information content (AvgIpc) is 2.65. The molecule has 1 aromatic heterocycles. The van der Waals surface area contributed by atoms with E-state index in [0.717, 1.165) is 11.1 Å². The van der Waals surface area contributed by atoms with Gasteiger partial charge in [0.05, 0.1) is 0 Å². The van der Waals surface area contributed by atoms with Crippen LogP contribution in [-0.4, -0.2) is 5.78 Å². The summed E-state index contributed by atoms with van der Waals surface area (Å²) >= 11 is 1.55. The van der Waals surface area contributed by atoms with Crippen LogP contribution in [0.4, 0.5) is 5.69 Å². The summed E-state index contributed by atoms with van der Waals surface area (Å²) in [6.45, 7) is 1.95. The van der Waals surface area contributed by atoms with Gasteiger partial charge in [0.15, 0.2) is 5.78 Å². The van der Waals surface area contributed by atoms with Crippen LogP contribution in [-0.2, 0) is 0 Å². The van der Waals surface area contributed by atoms with E-state index >= 15 is 0 Å². The van der Waals surface area contributed by atoms with Crippen molar-refractivity contribution in [3.8, 4) is 0 Å².